The van der Waals surface area contributed by atoms with E-state index in [0.29, 0.717) is 11.6 Å². The first-order valence-corrected chi connectivity index (χ1v) is 9.10. The number of nitrogens with one attached hydrogen (secondary N) is 1. The molecule has 0 radical (unpaired) electrons. The van der Waals surface area contributed by atoms with Gasteiger partial charge in [0.1, 0.15) is 17.4 Å². The van der Waals surface area contributed by atoms with E-state index in [-0.39, 0.29) is 22.6 Å². The van der Waals surface area contributed by atoms with Gasteiger partial charge < -0.3 is 15.2 Å². The number of rotatable bonds is 6. The summed E-state index contributed by atoms with van der Waals surface area (Å²) in [6.07, 6.45) is -2.46. The molecule has 11 heteroatoms. The molecule has 1 heterocycles. The van der Waals surface area contributed by atoms with Gasteiger partial charge in [-0.3, -0.25) is 14.8 Å². The average molecular weight is 453 g/mol. The molecule has 0 fully saturated rings. The molecule has 0 aliphatic carbocycles. The molecule has 0 saturated heterocycles. The van der Waals surface area contributed by atoms with Crippen LogP contribution in [0.1, 0.15) is 21.6 Å². The molecule has 0 saturated carbocycles. The molecular weight excluding hydrogens is 437 g/mol. The number of halogens is 5. The summed E-state index contributed by atoms with van der Waals surface area (Å²) in [4.78, 5) is 20.4. The van der Waals surface area contributed by atoms with E-state index in [2.05, 4.69) is 15.3 Å². The first-order chi connectivity index (χ1) is 15.1. The molecule has 1 aromatic heterocycles. The van der Waals surface area contributed by atoms with Crippen LogP contribution < -0.4 is 10.1 Å². The molecule has 168 valence electrons. The number of aryl methyl sites for hydroxylation is 1. The van der Waals surface area contributed by atoms with Gasteiger partial charge in [-0.15, -0.1) is 0 Å². The fraction of sp³-hybridized carbons (Fsp3) is 0.190. The second-order valence-corrected chi connectivity index (χ2v) is 6.67. The van der Waals surface area contributed by atoms with Crippen molar-refractivity contribution in [3.8, 4) is 17.0 Å². The Hall–Kier alpha value is -3.60. The smallest absolute Gasteiger partial charge is 0.422 e. The monoisotopic (exact) mass is 453 g/mol. The maximum absolute atomic E-state index is 14.8. The van der Waals surface area contributed by atoms with Crippen LogP contribution in [0.5, 0.6) is 5.75 Å². The Kier molecular flexibility index (Phi) is 6.68. The zero-order valence-corrected chi connectivity index (χ0v) is 16.5. The maximum atomic E-state index is 14.8. The second-order valence-electron chi connectivity index (χ2n) is 6.67. The van der Waals surface area contributed by atoms with Gasteiger partial charge in [0.05, 0.1) is 41.6 Å². The van der Waals surface area contributed by atoms with Crippen molar-refractivity contribution in [1.29, 1.82) is 0 Å². The molecular formula is C21H16F5N3O3. The van der Waals surface area contributed by atoms with Crippen molar-refractivity contribution >= 4 is 11.6 Å². The number of nitrogens with zero attached hydrogens (tertiary/aromatic N) is 2. The molecule has 1 amide bonds. The summed E-state index contributed by atoms with van der Waals surface area (Å²) in [5, 5.41) is 11.3. The molecule has 3 rings (SSSR count). The van der Waals surface area contributed by atoms with E-state index in [9.17, 15) is 26.7 Å². The largest absolute Gasteiger partial charge is 0.483 e. The lowest BCUT2D eigenvalue weighted by molar-refractivity contribution is -0.153. The van der Waals surface area contributed by atoms with Gasteiger partial charge in [0.25, 0.3) is 5.91 Å². The molecule has 6 nitrogen and oxygen atoms in total. The van der Waals surface area contributed by atoms with E-state index in [1.807, 2.05) is 0 Å². The summed E-state index contributed by atoms with van der Waals surface area (Å²) >= 11 is 0. The van der Waals surface area contributed by atoms with E-state index >= 15 is 0 Å². The number of amides is 1. The van der Waals surface area contributed by atoms with Crippen LogP contribution in [-0.4, -0.2) is 33.8 Å². The Morgan fingerprint density at radius 3 is 2.47 bits per heavy atom. The van der Waals surface area contributed by atoms with Gasteiger partial charge in [-0.05, 0) is 30.7 Å². The Balaban J connectivity index is 2.03. The predicted molar refractivity (Wildman–Crippen MR) is 104 cm³/mol. The fourth-order valence-electron chi connectivity index (χ4n) is 2.75. The molecule has 0 spiro atoms. The van der Waals surface area contributed by atoms with Crippen LogP contribution in [0.2, 0.25) is 0 Å². The van der Waals surface area contributed by atoms with Crippen LogP contribution in [0, 0.1) is 18.6 Å². The molecule has 0 aliphatic heterocycles. The van der Waals surface area contributed by atoms with Crippen LogP contribution in [0.3, 0.4) is 0 Å². The summed E-state index contributed by atoms with van der Waals surface area (Å²) in [5.41, 5.74) is -0.565. The number of alkyl halides is 3. The number of aliphatic hydroxyl groups is 1. The number of ether oxygens (including phenoxy) is 1. The number of benzene rings is 2. The van der Waals surface area contributed by atoms with Gasteiger partial charge >= 0.3 is 6.18 Å². The third kappa shape index (κ3) is 5.35. The minimum Gasteiger partial charge on any atom is -0.483 e. The lowest BCUT2D eigenvalue weighted by Crippen LogP contribution is -2.22. The highest BCUT2D eigenvalue weighted by Crippen LogP contribution is 2.32. The highest BCUT2D eigenvalue weighted by atomic mass is 19.4. The molecule has 0 bridgehead atoms. The number of aromatic nitrogens is 2. The summed E-state index contributed by atoms with van der Waals surface area (Å²) in [7, 11) is 0. The summed E-state index contributed by atoms with van der Waals surface area (Å²) in [6.45, 7) is -0.644. The van der Waals surface area contributed by atoms with Crippen molar-refractivity contribution in [2.24, 2.45) is 0 Å². The van der Waals surface area contributed by atoms with Gasteiger partial charge in [0, 0.05) is 5.56 Å². The quantitative estimate of drug-likeness (QED) is 0.540. The Morgan fingerprint density at radius 2 is 1.88 bits per heavy atom. The van der Waals surface area contributed by atoms with Gasteiger partial charge in [-0.1, -0.05) is 12.1 Å². The van der Waals surface area contributed by atoms with Crippen LogP contribution in [0.4, 0.5) is 27.6 Å². The van der Waals surface area contributed by atoms with Crippen molar-refractivity contribution in [2.45, 2.75) is 19.7 Å². The van der Waals surface area contributed by atoms with E-state index < -0.39 is 48.2 Å². The molecule has 3 aromatic rings. The minimum absolute atomic E-state index is 0.0616. The van der Waals surface area contributed by atoms with Crippen molar-refractivity contribution in [3.63, 3.8) is 0 Å². The van der Waals surface area contributed by atoms with Crippen LogP contribution in [-0.2, 0) is 6.61 Å². The van der Waals surface area contributed by atoms with E-state index in [4.69, 9.17) is 9.84 Å². The second kappa shape index (κ2) is 9.27. The number of aliphatic hydroxyl groups excluding tert-OH is 1. The molecule has 2 aromatic carbocycles. The molecule has 0 unspecified atom stereocenters. The Morgan fingerprint density at radius 1 is 1.12 bits per heavy atom. The van der Waals surface area contributed by atoms with E-state index in [1.54, 1.807) is 0 Å². The zero-order valence-electron chi connectivity index (χ0n) is 16.5. The third-order valence-corrected chi connectivity index (χ3v) is 4.31. The summed E-state index contributed by atoms with van der Waals surface area (Å²) in [6, 6.07) is 5.57. The zero-order chi connectivity index (χ0) is 23.5. The highest BCUT2D eigenvalue weighted by molar-refractivity contribution is 6.07. The SMILES string of the molecule is Cc1cccc(F)c1NC(=O)c1cc(F)c(-c2cnc(CO)cn2)cc1OCC(F)(F)F. The summed E-state index contributed by atoms with van der Waals surface area (Å²) in [5.74, 6) is -3.42. The number of carbonyl (C=O) groups excluding carboxylic acids is 1. The number of para-hydroxylation sites is 1. The molecule has 0 atom stereocenters. The van der Waals surface area contributed by atoms with Crippen molar-refractivity contribution < 1.29 is 36.6 Å². The minimum atomic E-state index is -4.73. The number of hydrogen-bond donors (Lipinski definition) is 2. The first-order valence-electron chi connectivity index (χ1n) is 9.10. The van der Waals surface area contributed by atoms with Crippen molar-refractivity contribution in [2.75, 3.05) is 11.9 Å². The lowest BCUT2D eigenvalue weighted by atomic mass is 10.1. The standard InChI is InChI=1S/C21H16F5N3O3/c1-11-3-2-4-15(22)19(11)29-20(31)14-5-16(23)13(6-18(14)32-10-21(24,25)26)17-8-27-12(9-30)7-28-17/h2-8,30H,9-10H2,1H3,(H,29,31). The number of carbonyl (C=O) groups is 1. The van der Waals surface area contributed by atoms with Gasteiger partial charge in [-0.25, -0.2) is 8.78 Å². The number of anilines is 1. The summed E-state index contributed by atoms with van der Waals surface area (Å²) < 4.78 is 71.7. The van der Waals surface area contributed by atoms with Gasteiger partial charge in [0.2, 0.25) is 0 Å². The van der Waals surface area contributed by atoms with Gasteiger partial charge in [-0.2, -0.15) is 13.2 Å². The molecule has 2 N–H and O–H groups in total. The third-order valence-electron chi connectivity index (χ3n) is 4.31. The molecule has 0 aliphatic rings. The lowest BCUT2D eigenvalue weighted by Gasteiger charge is -2.16. The van der Waals surface area contributed by atoms with E-state index in [0.717, 1.165) is 24.5 Å². The van der Waals surface area contributed by atoms with Gasteiger partial charge in [0.15, 0.2) is 6.61 Å². The Labute approximate surface area is 178 Å². The van der Waals surface area contributed by atoms with Crippen molar-refractivity contribution in [3.05, 3.63) is 71.2 Å². The topological polar surface area (TPSA) is 84.3 Å². The fourth-order valence-corrected chi connectivity index (χ4v) is 2.75. The van der Waals surface area contributed by atoms with Crippen LogP contribution in [0.25, 0.3) is 11.3 Å². The predicted octanol–water partition coefficient (Wildman–Crippen LogP) is 4.42. The van der Waals surface area contributed by atoms with Crippen LogP contribution in [0.15, 0.2) is 42.7 Å². The van der Waals surface area contributed by atoms with Crippen molar-refractivity contribution in [1.82, 2.24) is 9.97 Å². The maximum Gasteiger partial charge on any atom is 0.422 e. The van der Waals surface area contributed by atoms with Crippen LogP contribution >= 0.6 is 0 Å². The number of hydrogen-bond acceptors (Lipinski definition) is 5. The highest BCUT2D eigenvalue weighted by Gasteiger charge is 2.30. The molecule has 32 heavy (non-hydrogen) atoms. The van der Waals surface area contributed by atoms with E-state index in [1.165, 1.54) is 19.1 Å². The average Bonchev–Trinajstić information content (AvgIpc) is 2.74. The normalized spacial score (nSPS) is 11.3. The Bertz CT molecular complexity index is 1110. The first kappa shape index (κ1) is 23.1.